The molecule has 5 rings (SSSR count). The Morgan fingerprint density at radius 3 is 1.44 bits per heavy atom. The fourth-order valence-corrected chi connectivity index (χ4v) is 8.30. The molecule has 4 aromatic rings. The molecule has 1 fully saturated rings. The van der Waals surface area contributed by atoms with Gasteiger partial charge in [0.15, 0.2) is 0 Å². The molecule has 0 bridgehead atoms. The molecule has 3 heterocycles. The quantitative estimate of drug-likeness (QED) is 0.430. The van der Waals surface area contributed by atoms with E-state index in [0.717, 1.165) is 10.8 Å². The van der Waals surface area contributed by atoms with Gasteiger partial charge in [0.25, 0.3) is 0 Å². The number of sulfonamides is 2. The molecule has 0 saturated carbocycles. The molecular weight excluding hydrogens is 472 g/mol. The van der Waals surface area contributed by atoms with Crippen LogP contribution < -0.4 is 0 Å². The van der Waals surface area contributed by atoms with Gasteiger partial charge in [-0.1, -0.05) is 36.4 Å². The molecule has 10 heteroatoms. The average Bonchev–Trinajstić information content (AvgIpc) is 2.84. The Morgan fingerprint density at radius 1 is 0.647 bits per heavy atom. The van der Waals surface area contributed by atoms with Crippen LogP contribution in [0.1, 0.15) is 13.8 Å². The minimum absolute atomic E-state index is 0.0319. The van der Waals surface area contributed by atoms with Crippen molar-refractivity contribution in [3.05, 3.63) is 73.1 Å². The summed E-state index contributed by atoms with van der Waals surface area (Å²) in [6.07, 6.45) is 3.13. The highest BCUT2D eigenvalue weighted by Crippen LogP contribution is 2.32. The number of fused-ring (bicyclic) bond motifs is 2. The monoisotopic (exact) mass is 496 g/mol. The number of nitrogens with zero attached hydrogens (tertiary/aromatic N) is 4. The van der Waals surface area contributed by atoms with Crippen molar-refractivity contribution >= 4 is 41.9 Å². The Balaban J connectivity index is 1.51. The second-order valence-electron chi connectivity index (χ2n) is 8.51. The van der Waals surface area contributed by atoms with Crippen LogP contribution in [0.15, 0.2) is 82.8 Å². The van der Waals surface area contributed by atoms with Gasteiger partial charge >= 0.3 is 0 Å². The molecule has 8 nitrogen and oxygen atoms in total. The molecule has 2 aromatic heterocycles. The van der Waals surface area contributed by atoms with Gasteiger partial charge in [-0.3, -0.25) is 9.97 Å². The number of pyridine rings is 2. The van der Waals surface area contributed by atoms with E-state index in [1.807, 2.05) is 24.3 Å². The Bertz CT molecular complexity index is 1470. The largest absolute Gasteiger partial charge is 0.255 e. The van der Waals surface area contributed by atoms with Crippen molar-refractivity contribution in [3.8, 4) is 0 Å². The van der Waals surface area contributed by atoms with E-state index in [1.165, 1.54) is 8.61 Å². The highest BCUT2D eigenvalue weighted by Gasteiger charge is 2.42. The summed E-state index contributed by atoms with van der Waals surface area (Å²) in [7, 11) is -7.80. The highest BCUT2D eigenvalue weighted by atomic mass is 32.2. The predicted molar refractivity (Wildman–Crippen MR) is 130 cm³/mol. The van der Waals surface area contributed by atoms with Crippen molar-refractivity contribution in [2.45, 2.75) is 35.7 Å². The highest BCUT2D eigenvalue weighted by molar-refractivity contribution is 7.90. The van der Waals surface area contributed by atoms with Gasteiger partial charge in [0.05, 0.1) is 11.0 Å². The Morgan fingerprint density at radius 2 is 1.03 bits per heavy atom. The average molecular weight is 497 g/mol. The summed E-state index contributed by atoms with van der Waals surface area (Å²) in [5, 5.41) is 1.46. The molecule has 0 N–H and O–H groups in total. The van der Waals surface area contributed by atoms with Crippen molar-refractivity contribution < 1.29 is 16.8 Å². The molecular formula is C24H24N4O4S2. The maximum atomic E-state index is 13.7. The standard InChI is InChI=1S/C24H24N4O4S2/c1-17-15-28(34(31,32)22-12-4-8-20-10-6-14-26-24(20)22)18(2)16-27(17)33(29,30)21-11-3-7-19-9-5-13-25-23(19)21/h3-14,17-18H,15-16H2,1-2H3/t17-,18-/m1/s1. The zero-order chi connectivity index (χ0) is 24.1. The first-order chi connectivity index (χ1) is 16.2. The van der Waals surface area contributed by atoms with Crippen LogP contribution in [0.4, 0.5) is 0 Å². The molecule has 0 unspecified atom stereocenters. The number of aromatic nitrogens is 2. The zero-order valence-electron chi connectivity index (χ0n) is 18.7. The lowest BCUT2D eigenvalue weighted by Gasteiger charge is -2.42. The fourth-order valence-electron chi connectivity index (χ4n) is 4.55. The van der Waals surface area contributed by atoms with Crippen molar-refractivity contribution in [1.82, 2.24) is 18.6 Å². The third-order valence-corrected chi connectivity index (χ3v) is 10.3. The third-order valence-electron chi connectivity index (χ3n) is 6.24. The second-order valence-corrected chi connectivity index (χ2v) is 12.2. The first-order valence-electron chi connectivity index (χ1n) is 10.9. The van der Waals surface area contributed by atoms with Crippen LogP contribution in [0, 0.1) is 0 Å². The maximum absolute atomic E-state index is 13.7. The predicted octanol–water partition coefficient (Wildman–Crippen LogP) is 3.26. The zero-order valence-corrected chi connectivity index (χ0v) is 20.4. The van der Waals surface area contributed by atoms with E-state index in [1.54, 1.807) is 62.6 Å². The normalized spacial score (nSPS) is 20.6. The molecule has 176 valence electrons. The molecule has 0 amide bonds. The fraction of sp³-hybridized carbons (Fsp3) is 0.250. The smallest absolute Gasteiger partial charge is 0.245 e. The Kier molecular flexibility index (Phi) is 5.64. The van der Waals surface area contributed by atoms with Gasteiger partial charge in [-0.2, -0.15) is 8.61 Å². The number of benzene rings is 2. The maximum Gasteiger partial charge on any atom is 0.245 e. The summed E-state index contributed by atoms with van der Waals surface area (Å²) in [6.45, 7) is 3.52. The van der Waals surface area contributed by atoms with E-state index < -0.39 is 32.1 Å². The van der Waals surface area contributed by atoms with E-state index in [0.29, 0.717) is 11.0 Å². The number of para-hydroxylation sites is 2. The third kappa shape index (κ3) is 3.67. The topological polar surface area (TPSA) is 101 Å². The summed E-state index contributed by atoms with van der Waals surface area (Å²) < 4.78 is 57.4. The van der Waals surface area contributed by atoms with E-state index >= 15 is 0 Å². The van der Waals surface area contributed by atoms with Crippen LogP contribution in [0.2, 0.25) is 0 Å². The van der Waals surface area contributed by atoms with Gasteiger partial charge in [0.2, 0.25) is 20.0 Å². The molecule has 0 radical (unpaired) electrons. The Labute approximate surface area is 199 Å². The lowest BCUT2D eigenvalue weighted by molar-refractivity contribution is 0.164. The van der Waals surface area contributed by atoms with Crippen molar-refractivity contribution in [2.75, 3.05) is 13.1 Å². The molecule has 2 aromatic carbocycles. The summed E-state index contributed by atoms with van der Waals surface area (Å²) in [6, 6.07) is 16.1. The summed E-state index contributed by atoms with van der Waals surface area (Å²) in [5.74, 6) is 0. The minimum atomic E-state index is -3.90. The summed E-state index contributed by atoms with van der Waals surface area (Å²) in [5.41, 5.74) is 0.809. The van der Waals surface area contributed by atoms with Gasteiger partial charge in [-0.05, 0) is 38.1 Å². The second kappa shape index (κ2) is 8.38. The number of rotatable bonds is 4. The van der Waals surface area contributed by atoms with Gasteiger partial charge in [-0.25, -0.2) is 16.8 Å². The van der Waals surface area contributed by atoms with Gasteiger partial charge in [0, 0.05) is 48.3 Å². The molecule has 34 heavy (non-hydrogen) atoms. The molecule has 1 saturated heterocycles. The summed E-state index contributed by atoms with van der Waals surface area (Å²) in [4.78, 5) is 8.83. The van der Waals surface area contributed by atoms with E-state index in [4.69, 9.17) is 0 Å². The van der Waals surface area contributed by atoms with Crippen LogP contribution in [-0.4, -0.2) is 60.6 Å². The SMILES string of the molecule is C[C@@H]1CN(S(=O)(=O)c2cccc3cccnc23)[C@H](C)CN1S(=O)(=O)c1cccc2cccnc12. The van der Waals surface area contributed by atoms with Crippen LogP contribution in [0.3, 0.4) is 0 Å². The van der Waals surface area contributed by atoms with Gasteiger partial charge < -0.3 is 0 Å². The minimum Gasteiger partial charge on any atom is -0.255 e. The van der Waals surface area contributed by atoms with Crippen LogP contribution in [-0.2, 0) is 20.0 Å². The van der Waals surface area contributed by atoms with Gasteiger partial charge in [-0.15, -0.1) is 0 Å². The lowest BCUT2D eigenvalue weighted by Crippen LogP contribution is -2.59. The van der Waals surface area contributed by atoms with Crippen LogP contribution in [0.25, 0.3) is 21.8 Å². The lowest BCUT2D eigenvalue weighted by atomic mass is 10.2. The van der Waals surface area contributed by atoms with E-state index in [9.17, 15) is 16.8 Å². The number of hydrogen-bond acceptors (Lipinski definition) is 6. The van der Waals surface area contributed by atoms with Crippen molar-refractivity contribution in [2.24, 2.45) is 0 Å². The van der Waals surface area contributed by atoms with Gasteiger partial charge in [0.1, 0.15) is 9.79 Å². The molecule has 2 atom stereocenters. The first-order valence-corrected chi connectivity index (χ1v) is 13.8. The number of hydrogen-bond donors (Lipinski definition) is 0. The van der Waals surface area contributed by atoms with Crippen LogP contribution in [0.5, 0.6) is 0 Å². The van der Waals surface area contributed by atoms with E-state index in [-0.39, 0.29) is 22.9 Å². The molecule has 0 aliphatic carbocycles. The van der Waals surface area contributed by atoms with E-state index in [2.05, 4.69) is 9.97 Å². The molecule has 1 aliphatic rings. The first kappa shape index (κ1) is 22.9. The molecule has 1 aliphatic heterocycles. The Hall–Kier alpha value is -2.92. The molecule has 0 spiro atoms. The summed E-state index contributed by atoms with van der Waals surface area (Å²) >= 11 is 0. The van der Waals surface area contributed by atoms with Crippen LogP contribution >= 0.6 is 0 Å². The number of piperazine rings is 1. The van der Waals surface area contributed by atoms with Crippen molar-refractivity contribution in [3.63, 3.8) is 0 Å². The van der Waals surface area contributed by atoms with Crippen molar-refractivity contribution in [1.29, 1.82) is 0 Å².